The van der Waals surface area contributed by atoms with Gasteiger partial charge in [-0.1, -0.05) is 12.8 Å². The van der Waals surface area contributed by atoms with E-state index in [9.17, 15) is 9.59 Å². The van der Waals surface area contributed by atoms with Gasteiger partial charge in [-0.05, 0) is 32.1 Å². The highest BCUT2D eigenvalue weighted by Gasteiger charge is 2.31. The first-order chi connectivity index (χ1) is 13.1. The Kier molecular flexibility index (Phi) is 5.66. The number of aryl methyl sites for hydroxylation is 1. The molecule has 1 aliphatic carbocycles. The first-order valence-corrected chi connectivity index (χ1v) is 11.2. The lowest BCUT2D eigenvalue weighted by molar-refractivity contribution is -0.135. The zero-order chi connectivity index (χ0) is 18.8. The number of nitrogens with zero attached hydrogens (tertiary/aromatic N) is 4. The summed E-state index contributed by atoms with van der Waals surface area (Å²) >= 11 is 1.76. The van der Waals surface area contributed by atoms with Crippen molar-refractivity contribution in [3.63, 3.8) is 0 Å². The van der Waals surface area contributed by atoms with Crippen molar-refractivity contribution in [2.45, 2.75) is 51.9 Å². The summed E-state index contributed by atoms with van der Waals surface area (Å²) in [5.74, 6) is 0.661. The summed E-state index contributed by atoms with van der Waals surface area (Å²) in [5, 5.41) is 1.08. The van der Waals surface area contributed by atoms with Crippen LogP contribution < -0.4 is 4.90 Å². The molecule has 0 saturated carbocycles. The molecule has 2 aliphatic heterocycles. The topological polar surface area (TPSA) is 56.8 Å². The third kappa shape index (κ3) is 4.13. The van der Waals surface area contributed by atoms with E-state index in [1.54, 1.807) is 18.3 Å². The molecule has 2 saturated heterocycles. The number of anilines is 1. The Bertz CT molecular complexity index is 688. The second-order valence-corrected chi connectivity index (χ2v) is 9.10. The van der Waals surface area contributed by atoms with E-state index in [4.69, 9.17) is 4.98 Å². The molecular weight excluding hydrogens is 360 g/mol. The van der Waals surface area contributed by atoms with E-state index < -0.39 is 0 Å². The number of rotatable bonds is 2. The molecule has 2 fully saturated rings. The Labute approximate surface area is 165 Å². The molecule has 4 rings (SSSR count). The molecule has 6 nitrogen and oxygen atoms in total. The number of likely N-dealkylation sites (tertiary alicyclic amines) is 1. The average Bonchev–Trinajstić information content (AvgIpc) is 2.92. The van der Waals surface area contributed by atoms with Crippen molar-refractivity contribution < 1.29 is 9.59 Å². The molecule has 1 aromatic rings. The molecule has 3 heterocycles. The van der Waals surface area contributed by atoms with Crippen molar-refractivity contribution in [2.75, 3.05) is 44.2 Å². The van der Waals surface area contributed by atoms with Crippen LogP contribution in [-0.2, 0) is 22.4 Å². The molecule has 0 unspecified atom stereocenters. The van der Waals surface area contributed by atoms with E-state index in [1.807, 2.05) is 4.90 Å². The third-order valence-electron chi connectivity index (χ3n) is 6.19. The van der Waals surface area contributed by atoms with Crippen LogP contribution in [0.4, 0.5) is 5.13 Å². The number of carbonyl (C=O) groups excluding carboxylic acids is 2. The van der Waals surface area contributed by atoms with Crippen LogP contribution in [0.15, 0.2) is 0 Å². The highest BCUT2D eigenvalue weighted by Crippen LogP contribution is 2.35. The molecule has 1 atom stereocenters. The molecule has 0 N–H and O–H groups in total. The van der Waals surface area contributed by atoms with E-state index >= 15 is 0 Å². The van der Waals surface area contributed by atoms with E-state index in [-0.39, 0.29) is 11.8 Å². The Balaban J connectivity index is 1.39. The smallest absolute Gasteiger partial charge is 0.226 e. The van der Waals surface area contributed by atoms with Crippen LogP contribution in [0.5, 0.6) is 0 Å². The number of hydrogen-bond donors (Lipinski definition) is 0. The second-order valence-electron chi connectivity index (χ2n) is 8.04. The molecule has 0 bridgehead atoms. The van der Waals surface area contributed by atoms with Gasteiger partial charge in [0.15, 0.2) is 5.13 Å². The van der Waals surface area contributed by atoms with Crippen LogP contribution in [0.1, 0.15) is 49.6 Å². The van der Waals surface area contributed by atoms with Crippen molar-refractivity contribution in [1.29, 1.82) is 0 Å². The summed E-state index contributed by atoms with van der Waals surface area (Å²) in [5.41, 5.74) is 1.20. The second kappa shape index (κ2) is 8.17. The minimum Gasteiger partial charge on any atom is -0.345 e. The Hall–Kier alpha value is -1.63. The number of piperazine rings is 1. The van der Waals surface area contributed by atoms with Crippen molar-refractivity contribution in [1.82, 2.24) is 14.8 Å². The average molecular weight is 391 g/mol. The van der Waals surface area contributed by atoms with Gasteiger partial charge in [0, 0.05) is 57.0 Å². The van der Waals surface area contributed by atoms with Crippen LogP contribution >= 0.6 is 11.3 Å². The lowest BCUT2D eigenvalue weighted by atomic mass is 9.90. The van der Waals surface area contributed by atoms with Gasteiger partial charge in [-0.2, -0.15) is 0 Å². The summed E-state index contributed by atoms with van der Waals surface area (Å²) in [6.45, 7) is 6.77. The van der Waals surface area contributed by atoms with Gasteiger partial charge in [-0.15, -0.1) is 11.3 Å². The van der Waals surface area contributed by atoms with Crippen LogP contribution in [0.2, 0.25) is 0 Å². The number of carbonyl (C=O) groups is 2. The zero-order valence-corrected chi connectivity index (χ0v) is 17.1. The molecule has 3 aliphatic rings. The van der Waals surface area contributed by atoms with Crippen LogP contribution in [0.3, 0.4) is 0 Å². The van der Waals surface area contributed by atoms with Crippen molar-refractivity contribution in [3.8, 4) is 0 Å². The molecule has 1 aromatic heterocycles. The molecule has 0 radical (unpaired) electrons. The van der Waals surface area contributed by atoms with Gasteiger partial charge in [0.05, 0.1) is 5.69 Å². The maximum Gasteiger partial charge on any atom is 0.226 e. The maximum absolute atomic E-state index is 13.0. The predicted molar refractivity (Wildman–Crippen MR) is 107 cm³/mol. The molecule has 0 aromatic carbocycles. The first kappa shape index (κ1) is 18.7. The van der Waals surface area contributed by atoms with Crippen molar-refractivity contribution in [2.24, 2.45) is 5.92 Å². The number of hydrogen-bond acceptors (Lipinski definition) is 5. The van der Waals surface area contributed by atoms with Gasteiger partial charge in [-0.25, -0.2) is 4.98 Å². The van der Waals surface area contributed by atoms with E-state index in [0.29, 0.717) is 5.91 Å². The molecular formula is C20H30N4O2S. The SMILES string of the molecule is CC(=O)N1CCN(c2nc3c(s2)C[C@@H](C(=O)N2CCCCCC2)CC3)CC1. The van der Waals surface area contributed by atoms with Gasteiger partial charge < -0.3 is 14.7 Å². The summed E-state index contributed by atoms with van der Waals surface area (Å²) in [6.07, 6.45) is 7.53. The van der Waals surface area contributed by atoms with Gasteiger partial charge in [0.2, 0.25) is 11.8 Å². The number of aromatic nitrogens is 1. The maximum atomic E-state index is 13.0. The summed E-state index contributed by atoms with van der Waals surface area (Å²) in [4.78, 5) is 37.0. The van der Waals surface area contributed by atoms with E-state index in [2.05, 4.69) is 9.80 Å². The minimum absolute atomic E-state index is 0.137. The van der Waals surface area contributed by atoms with Crippen molar-refractivity contribution in [3.05, 3.63) is 10.6 Å². The first-order valence-electron chi connectivity index (χ1n) is 10.4. The van der Waals surface area contributed by atoms with Crippen molar-refractivity contribution >= 4 is 28.3 Å². The lowest BCUT2D eigenvalue weighted by Crippen LogP contribution is -2.48. The van der Waals surface area contributed by atoms with Crippen LogP contribution in [0.25, 0.3) is 0 Å². The highest BCUT2D eigenvalue weighted by molar-refractivity contribution is 7.15. The lowest BCUT2D eigenvalue weighted by Gasteiger charge is -2.33. The Morgan fingerprint density at radius 1 is 0.963 bits per heavy atom. The number of thiazole rings is 1. The largest absolute Gasteiger partial charge is 0.345 e. The highest BCUT2D eigenvalue weighted by atomic mass is 32.1. The molecule has 7 heteroatoms. The fraction of sp³-hybridized carbons (Fsp3) is 0.750. The van der Waals surface area contributed by atoms with Crippen LogP contribution in [-0.4, -0.2) is 65.9 Å². The van der Waals surface area contributed by atoms with Gasteiger partial charge in [0.25, 0.3) is 0 Å². The third-order valence-corrected chi connectivity index (χ3v) is 7.37. The number of fused-ring (bicyclic) bond motifs is 1. The fourth-order valence-electron chi connectivity index (χ4n) is 4.47. The number of amides is 2. The zero-order valence-electron chi connectivity index (χ0n) is 16.3. The quantitative estimate of drug-likeness (QED) is 0.778. The Morgan fingerprint density at radius 2 is 1.67 bits per heavy atom. The van der Waals surface area contributed by atoms with Crippen LogP contribution in [0, 0.1) is 5.92 Å². The monoisotopic (exact) mass is 390 g/mol. The summed E-state index contributed by atoms with van der Waals surface area (Å²) in [6, 6.07) is 0. The molecule has 2 amide bonds. The normalized spacial score (nSPS) is 23.7. The molecule has 27 heavy (non-hydrogen) atoms. The molecule has 148 valence electrons. The minimum atomic E-state index is 0.137. The predicted octanol–water partition coefficient (Wildman–Crippen LogP) is 2.32. The van der Waals surface area contributed by atoms with Gasteiger partial charge in [-0.3, -0.25) is 9.59 Å². The van der Waals surface area contributed by atoms with E-state index in [1.165, 1.54) is 23.4 Å². The molecule has 0 spiro atoms. The summed E-state index contributed by atoms with van der Waals surface area (Å²) in [7, 11) is 0. The standard InChI is InChI=1S/C20H30N4O2S/c1-15(25)22-10-12-24(13-11-22)20-21-17-7-6-16(14-18(17)27-20)19(26)23-8-4-2-3-5-9-23/h16H,2-14H2,1H3/t16-/m0/s1. The van der Waals surface area contributed by atoms with Gasteiger partial charge in [0.1, 0.15) is 0 Å². The fourth-order valence-corrected chi connectivity index (χ4v) is 5.71. The van der Waals surface area contributed by atoms with Gasteiger partial charge >= 0.3 is 0 Å². The summed E-state index contributed by atoms with van der Waals surface area (Å²) < 4.78 is 0. The van der Waals surface area contributed by atoms with E-state index in [0.717, 1.165) is 76.5 Å². The Morgan fingerprint density at radius 3 is 2.33 bits per heavy atom.